The van der Waals surface area contributed by atoms with Gasteiger partial charge in [-0.1, -0.05) is 35.7 Å². The minimum Gasteiger partial charge on any atom is -0.356 e. The zero-order valence-electron chi connectivity index (χ0n) is 16.6. The van der Waals surface area contributed by atoms with Gasteiger partial charge in [-0.3, -0.25) is 4.79 Å². The van der Waals surface area contributed by atoms with Crippen LogP contribution in [0.4, 0.5) is 0 Å². The molecule has 2 heterocycles. The lowest BCUT2D eigenvalue weighted by Crippen LogP contribution is -2.43. The summed E-state index contributed by atoms with van der Waals surface area (Å²) in [5, 5.41) is 3.25. The van der Waals surface area contributed by atoms with E-state index in [1.54, 1.807) is 6.07 Å². The summed E-state index contributed by atoms with van der Waals surface area (Å²) in [5.74, 6) is -0.130. The Morgan fingerprint density at radius 1 is 1.03 bits per heavy atom. The third-order valence-corrected chi connectivity index (χ3v) is 8.60. The van der Waals surface area contributed by atoms with Gasteiger partial charge in [0.05, 0.1) is 10.0 Å². The quantitative estimate of drug-likeness (QED) is 0.631. The lowest BCUT2D eigenvalue weighted by Gasteiger charge is -2.31. The van der Waals surface area contributed by atoms with Gasteiger partial charge in [-0.25, -0.2) is 8.42 Å². The molecule has 1 aromatic carbocycles. The first-order valence-corrected chi connectivity index (χ1v) is 12.5. The summed E-state index contributed by atoms with van der Waals surface area (Å²) in [6.45, 7) is 4.59. The van der Waals surface area contributed by atoms with Crippen LogP contribution in [0.3, 0.4) is 0 Å². The highest BCUT2D eigenvalue weighted by molar-refractivity contribution is 7.89. The van der Waals surface area contributed by atoms with Crippen LogP contribution in [0.2, 0.25) is 10.0 Å². The lowest BCUT2D eigenvalue weighted by atomic mass is 9.97. The van der Waals surface area contributed by atoms with Crippen LogP contribution < -0.4 is 5.32 Å². The predicted molar refractivity (Wildman–Crippen MR) is 116 cm³/mol. The van der Waals surface area contributed by atoms with E-state index in [4.69, 9.17) is 23.2 Å². The number of amides is 1. The third kappa shape index (κ3) is 5.85. The normalized spacial score (nSPS) is 19.9. The summed E-state index contributed by atoms with van der Waals surface area (Å²) < 4.78 is 27.2. The zero-order chi connectivity index (χ0) is 20.9. The van der Waals surface area contributed by atoms with Gasteiger partial charge in [-0.05, 0) is 63.9 Å². The van der Waals surface area contributed by atoms with E-state index in [1.165, 1.54) is 35.7 Å². The Labute approximate surface area is 183 Å². The van der Waals surface area contributed by atoms with Crippen LogP contribution in [0.15, 0.2) is 23.1 Å². The van der Waals surface area contributed by atoms with E-state index in [1.807, 2.05) is 0 Å². The van der Waals surface area contributed by atoms with E-state index < -0.39 is 10.0 Å². The molecule has 2 aliphatic heterocycles. The van der Waals surface area contributed by atoms with Gasteiger partial charge in [-0.2, -0.15) is 4.31 Å². The molecule has 162 valence electrons. The maximum atomic E-state index is 12.9. The number of nitrogens with one attached hydrogen (secondary N) is 1. The first-order chi connectivity index (χ1) is 13.9. The molecule has 0 aromatic heterocycles. The Hall–Kier alpha value is -0.860. The number of hydrogen-bond donors (Lipinski definition) is 1. The van der Waals surface area contributed by atoms with Crippen molar-refractivity contribution in [3.8, 4) is 0 Å². The standard InChI is InChI=1S/C20H29Cl2N3O3S/c21-17-6-4-7-18(22)19(17)29(27,28)25-14-8-16(9-15-25)20(26)23-10-5-13-24-11-2-1-3-12-24/h4,6-7,16H,1-3,5,8-15H2,(H,23,26). The average Bonchev–Trinajstić information content (AvgIpc) is 2.71. The summed E-state index contributed by atoms with van der Waals surface area (Å²) in [4.78, 5) is 14.9. The Morgan fingerprint density at radius 2 is 1.66 bits per heavy atom. The SMILES string of the molecule is O=C(NCCCN1CCCCC1)C1CCN(S(=O)(=O)c2c(Cl)cccc2Cl)CC1. The molecule has 0 aliphatic carbocycles. The highest BCUT2D eigenvalue weighted by atomic mass is 35.5. The van der Waals surface area contributed by atoms with Crippen molar-refractivity contribution in [1.82, 2.24) is 14.5 Å². The number of carbonyl (C=O) groups excluding carboxylic acids is 1. The van der Waals surface area contributed by atoms with Crippen molar-refractivity contribution < 1.29 is 13.2 Å². The molecule has 0 unspecified atom stereocenters. The summed E-state index contributed by atoms with van der Waals surface area (Å²) in [7, 11) is -3.77. The fourth-order valence-electron chi connectivity index (χ4n) is 4.06. The Balaban J connectivity index is 1.45. The summed E-state index contributed by atoms with van der Waals surface area (Å²) in [6, 6.07) is 4.65. The molecule has 3 rings (SSSR count). The third-order valence-electron chi connectivity index (χ3n) is 5.74. The van der Waals surface area contributed by atoms with E-state index in [2.05, 4.69) is 10.2 Å². The van der Waals surface area contributed by atoms with Gasteiger partial charge in [-0.15, -0.1) is 0 Å². The number of likely N-dealkylation sites (tertiary alicyclic amines) is 1. The molecule has 1 amide bonds. The molecule has 2 aliphatic rings. The predicted octanol–water partition coefficient (Wildman–Crippen LogP) is 3.39. The number of piperidine rings is 2. The number of carbonyl (C=O) groups is 1. The van der Waals surface area contributed by atoms with Crippen molar-refractivity contribution in [3.63, 3.8) is 0 Å². The maximum Gasteiger partial charge on any atom is 0.246 e. The van der Waals surface area contributed by atoms with Crippen molar-refractivity contribution in [1.29, 1.82) is 0 Å². The Bertz CT molecular complexity index is 785. The monoisotopic (exact) mass is 461 g/mol. The van der Waals surface area contributed by atoms with E-state index in [9.17, 15) is 13.2 Å². The van der Waals surface area contributed by atoms with Crippen molar-refractivity contribution in [2.75, 3.05) is 39.3 Å². The number of sulfonamides is 1. The number of rotatable bonds is 7. The smallest absolute Gasteiger partial charge is 0.246 e. The second-order valence-corrected chi connectivity index (χ2v) is 10.5. The summed E-state index contributed by atoms with van der Waals surface area (Å²) >= 11 is 12.2. The van der Waals surface area contributed by atoms with Gasteiger partial charge in [0.2, 0.25) is 15.9 Å². The number of benzene rings is 1. The minimum absolute atomic E-state index is 0.0245. The summed E-state index contributed by atoms with van der Waals surface area (Å²) in [6.07, 6.45) is 5.81. The largest absolute Gasteiger partial charge is 0.356 e. The first kappa shape index (κ1) is 22.8. The van der Waals surface area contributed by atoms with Crippen LogP contribution in [0.5, 0.6) is 0 Å². The van der Waals surface area contributed by atoms with E-state index in [0.29, 0.717) is 19.4 Å². The van der Waals surface area contributed by atoms with E-state index in [0.717, 1.165) is 26.1 Å². The maximum absolute atomic E-state index is 12.9. The van der Waals surface area contributed by atoms with Crippen LogP contribution in [-0.4, -0.2) is 62.8 Å². The molecule has 0 spiro atoms. The van der Waals surface area contributed by atoms with Gasteiger partial charge >= 0.3 is 0 Å². The fraction of sp³-hybridized carbons (Fsp3) is 0.650. The van der Waals surface area contributed by atoms with E-state index in [-0.39, 0.29) is 39.9 Å². The molecule has 6 nitrogen and oxygen atoms in total. The van der Waals surface area contributed by atoms with Crippen LogP contribution in [0.25, 0.3) is 0 Å². The van der Waals surface area contributed by atoms with E-state index >= 15 is 0 Å². The highest BCUT2D eigenvalue weighted by Gasteiger charge is 2.34. The van der Waals surface area contributed by atoms with Gasteiger partial charge in [0.1, 0.15) is 4.90 Å². The molecule has 0 saturated carbocycles. The van der Waals surface area contributed by atoms with Gasteiger partial charge in [0, 0.05) is 25.6 Å². The first-order valence-electron chi connectivity index (χ1n) is 10.3. The molecule has 2 saturated heterocycles. The molecule has 0 radical (unpaired) electrons. The molecule has 1 aromatic rings. The van der Waals surface area contributed by atoms with Crippen molar-refractivity contribution >= 4 is 39.1 Å². The van der Waals surface area contributed by atoms with Crippen LogP contribution >= 0.6 is 23.2 Å². The van der Waals surface area contributed by atoms with Gasteiger partial charge in [0.25, 0.3) is 0 Å². The second-order valence-electron chi connectivity index (χ2n) is 7.78. The second kappa shape index (κ2) is 10.4. The molecule has 0 bridgehead atoms. The van der Waals surface area contributed by atoms with Crippen LogP contribution in [0.1, 0.15) is 38.5 Å². The van der Waals surface area contributed by atoms with Gasteiger partial charge in [0.15, 0.2) is 0 Å². The number of nitrogens with zero attached hydrogens (tertiary/aromatic N) is 2. The molecular weight excluding hydrogens is 433 g/mol. The van der Waals surface area contributed by atoms with Crippen molar-refractivity contribution in [2.24, 2.45) is 5.92 Å². The van der Waals surface area contributed by atoms with Crippen molar-refractivity contribution in [2.45, 2.75) is 43.4 Å². The molecule has 1 N–H and O–H groups in total. The Kier molecular flexibility index (Phi) is 8.22. The van der Waals surface area contributed by atoms with Crippen LogP contribution in [-0.2, 0) is 14.8 Å². The molecule has 9 heteroatoms. The molecule has 29 heavy (non-hydrogen) atoms. The fourth-order valence-corrected chi connectivity index (χ4v) is 6.62. The highest BCUT2D eigenvalue weighted by Crippen LogP contribution is 2.33. The topological polar surface area (TPSA) is 69.7 Å². The molecular formula is C20H29Cl2N3O3S. The van der Waals surface area contributed by atoms with Crippen molar-refractivity contribution in [3.05, 3.63) is 28.2 Å². The molecule has 2 fully saturated rings. The Morgan fingerprint density at radius 3 is 2.28 bits per heavy atom. The average molecular weight is 462 g/mol. The minimum atomic E-state index is -3.77. The lowest BCUT2D eigenvalue weighted by molar-refractivity contribution is -0.126. The zero-order valence-corrected chi connectivity index (χ0v) is 18.9. The van der Waals surface area contributed by atoms with Gasteiger partial charge < -0.3 is 10.2 Å². The number of halogens is 2. The number of hydrogen-bond acceptors (Lipinski definition) is 4. The summed E-state index contributed by atoms with van der Waals surface area (Å²) in [5.41, 5.74) is 0. The molecule has 0 atom stereocenters. The van der Waals surface area contributed by atoms with Crippen LogP contribution in [0, 0.1) is 5.92 Å².